The van der Waals surface area contributed by atoms with Crippen LogP contribution in [0.3, 0.4) is 0 Å². The van der Waals surface area contributed by atoms with Crippen LogP contribution >= 0.6 is 0 Å². The van der Waals surface area contributed by atoms with E-state index in [0.717, 1.165) is 12.5 Å². The third-order valence-electron chi connectivity index (χ3n) is 4.29. The highest BCUT2D eigenvalue weighted by atomic mass is 15.1. The zero-order valence-electron chi connectivity index (χ0n) is 12.7. The number of nitrogens with one attached hydrogen (secondary N) is 1. The van der Waals surface area contributed by atoms with Crippen LogP contribution in [-0.4, -0.2) is 20.6 Å². The summed E-state index contributed by atoms with van der Waals surface area (Å²) < 4.78 is 0. The first kappa shape index (κ1) is 14.4. The topological polar surface area (TPSA) is 15.3 Å². The molecular weight excluding hydrogens is 232 g/mol. The first-order valence-electron chi connectivity index (χ1n) is 7.73. The molecule has 1 atom stereocenters. The molecule has 0 spiro atoms. The lowest BCUT2D eigenvalue weighted by Gasteiger charge is -2.31. The van der Waals surface area contributed by atoms with Gasteiger partial charge < -0.3 is 10.2 Å². The van der Waals surface area contributed by atoms with E-state index in [1.165, 1.54) is 43.4 Å². The molecule has 106 valence electrons. The van der Waals surface area contributed by atoms with Crippen molar-refractivity contribution in [3.05, 3.63) is 29.8 Å². The van der Waals surface area contributed by atoms with Gasteiger partial charge in [0, 0.05) is 25.8 Å². The van der Waals surface area contributed by atoms with Crippen LogP contribution in [0.25, 0.3) is 0 Å². The van der Waals surface area contributed by atoms with Gasteiger partial charge in [-0.15, -0.1) is 0 Å². The Morgan fingerprint density at radius 1 is 1.21 bits per heavy atom. The fourth-order valence-electron chi connectivity index (χ4n) is 3.24. The quantitative estimate of drug-likeness (QED) is 0.861. The highest BCUT2D eigenvalue weighted by Crippen LogP contribution is 2.35. The van der Waals surface area contributed by atoms with Gasteiger partial charge in [-0.2, -0.15) is 0 Å². The molecular formula is C17H28N2. The van der Waals surface area contributed by atoms with Crippen molar-refractivity contribution in [1.29, 1.82) is 0 Å². The molecule has 1 N–H and O–H groups in total. The Bertz CT molecular complexity index is 381. The molecule has 1 unspecified atom stereocenters. The predicted octanol–water partition coefficient (Wildman–Crippen LogP) is 3.98. The van der Waals surface area contributed by atoms with E-state index in [2.05, 4.69) is 55.5 Å². The third kappa shape index (κ3) is 3.73. The second kappa shape index (κ2) is 6.95. The molecule has 0 aliphatic heterocycles. The summed E-state index contributed by atoms with van der Waals surface area (Å²) >= 11 is 0. The number of benzene rings is 1. The highest BCUT2D eigenvalue weighted by Gasteiger charge is 2.24. The molecule has 2 nitrogen and oxygen atoms in total. The van der Waals surface area contributed by atoms with Gasteiger partial charge in [0.15, 0.2) is 0 Å². The molecule has 0 saturated heterocycles. The van der Waals surface area contributed by atoms with E-state index in [0.29, 0.717) is 6.04 Å². The van der Waals surface area contributed by atoms with E-state index < -0.39 is 0 Å². The van der Waals surface area contributed by atoms with Gasteiger partial charge in [-0.05, 0) is 43.0 Å². The van der Waals surface area contributed by atoms with Crippen LogP contribution in [0.4, 0.5) is 5.69 Å². The predicted molar refractivity (Wildman–Crippen MR) is 83.8 cm³/mol. The lowest BCUT2D eigenvalue weighted by Crippen LogP contribution is -2.29. The number of hydrogen-bond donors (Lipinski definition) is 1. The summed E-state index contributed by atoms with van der Waals surface area (Å²) in [5, 5.41) is 3.72. The molecule has 2 rings (SSSR count). The van der Waals surface area contributed by atoms with Gasteiger partial charge in [0.25, 0.3) is 0 Å². The largest absolute Gasteiger partial charge is 0.378 e. The van der Waals surface area contributed by atoms with Gasteiger partial charge in [0.2, 0.25) is 0 Å². The molecule has 1 aliphatic carbocycles. The lowest BCUT2D eigenvalue weighted by molar-refractivity contribution is 0.274. The average molecular weight is 260 g/mol. The summed E-state index contributed by atoms with van der Waals surface area (Å²) in [6.07, 6.45) is 6.99. The van der Waals surface area contributed by atoms with Gasteiger partial charge in [-0.1, -0.05) is 38.3 Å². The Morgan fingerprint density at radius 2 is 1.95 bits per heavy atom. The normalized spacial score (nSPS) is 18.3. The van der Waals surface area contributed by atoms with E-state index in [4.69, 9.17) is 0 Å². The second-order valence-corrected chi connectivity index (χ2v) is 5.92. The molecule has 0 radical (unpaired) electrons. The molecule has 1 aromatic carbocycles. The molecule has 0 amide bonds. The van der Waals surface area contributed by atoms with E-state index in [-0.39, 0.29) is 0 Å². The summed E-state index contributed by atoms with van der Waals surface area (Å²) in [5.74, 6) is 0.811. The second-order valence-electron chi connectivity index (χ2n) is 5.92. The zero-order valence-corrected chi connectivity index (χ0v) is 12.7. The van der Waals surface area contributed by atoms with Crippen LogP contribution < -0.4 is 10.2 Å². The van der Waals surface area contributed by atoms with E-state index in [9.17, 15) is 0 Å². The maximum atomic E-state index is 3.72. The Balaban J connectivity index is 2.19. The summed E-state index contributed by atoms with van der Waals surface area (Å²) in [5.41, 5.74) is 2.76. The molecule has 1 saturated carbocycles. The Labute approximate surface area is 118 Å². The number of rotatable bonds is 5. The minimum Gasteiger partial charge on any atom is -0.378 e. The Kier molecular flexibility index (Phi) is 5.26. The Morgan fingerprint density at radius 3 is 2.58 bits per heavy atom. The average Bonchev–Trinajstić information content (AvgIpc) is 2.46. The highest BCUT2D eigenvalue weighted by molar-refractivity contribution is 5.48. The van der Waals surface area contributed by atoms with Gasteiger partial charge in [-0.25, -0.2) is 0 Å². The smallest absolute Gasteiger partial charge is 0.0364 e. The van der Waals surface area contributed by atoms with Crippen molar-refractivity contribution in [2.45, 2.75) is 45.1 Å². The summed E-state index contributed by atoms with van der Waals surface area (Å²) in [6, 6.07) is 9.55. The van der Waals surface area contributed by atoms with Crippen molar-refractivity contribution < 1.29 is 0 Å². The fraction of sp³-hybridized carbons (Fsp3) is 0.647. The molecule has 1 aliphatic rings. The van der Waals surface area contributed by atoms with Crippen LogP contribution in [0.5, 0.6) is 0 Å². The first-order chi connectivity index (χ1) is 9.22. The molecule has 2 heteroatoms. The van der Waals surface area contributed by atoms with Crippen LogP contribution in [-0.2, 0) is 0 Å². The maximum absolute atomic E-state index is 3.72. The van der Waals surface area contributed by atoms with Gasteiger partial charge in [0.1, 0.15) is 0 Å². The van der Waals surface area contributed by atoms with Crippen LogP contribution in [0.15, 0.2) is 24.3 Å². The van der Waals surface area contributed by atoms with Crippen molar-refractivity contribution in [3.8, 4) is 0 Å². The van der Waals surface area contributed by atoms with Crippen molar-refractivity contribution in [1.82, 2.24) is 5.32 Å². The van der Waals surface area contributed by atoms with Crippen LogP contribution in [0.2, 0.25) is 0 Å². The van der Waals surface area contributed by atoms with Crippen molar-refractivity contribution in [2.75, 3.05) is 25.5 Å². The molecule has 19 heavy (non-hydrogen) atoms. The van der Waals surface area contributed by atoms with Crippen molar-refractivity contribution >= 4 is 5.69 Å². The molecule has 0 bridgehead atoms. The van der Waals surface area contributed by atoms with E-state index >= 15 is 0 Å². The summed E-state index contributed by atoms with van der Waals surface area (Å²) in [4.78, 5) is 2.19. The number of hydrogen-bond acceptors (Lipinski definition) is 2. The number of anilines is 1. The van der Waals surface area contributed by atoms with E-state index in [1.807, 2.05) is 0 Å². The van der Waals surface area contributed by atoms with Crippen LogP contribution in [0, 0.1) is 5.92 Å². The number of nitrogens with zero attached hydrogens (tertiary/aromatic N) is 1. The fourth-order valence-corrected chi connectivity index (χ4v) is 3.24. The van der Waals surface area contributed by atoms with E-state index in [1.54, 1.807) is 0 Å². The SMILES string of the molecule is CCNC(c1cccc(N(C)C)c1)C1CCCCC1. The first-order valence-corrected chi connectivity index (χ1v) is 7.73. The molecule has 0 aromatic heterocycles. The zero-order chi connectivity index (χ0) is 13.7. The Hall–Kier alpha value is -1.02. The van der Waals surface area contributed by atoms with Gasteiger partial charge >= 0.3 is 0 Å². The van der Waals surface area contributed by atoms with Crippen molar-refractivity contribution in [3.63, 3.8) is 0 Å². The molecule has 1 fully saturated rings. The van der Waals surface area contributed by atoms with Gasteiger partial charge in [-0.3, -0.25) is 0 Å². The third-order valence-corrected chi connectivity index (χ3v) is 4.29. The molecule has 1 aromatic rings. The minimum atomic E-state index is 0.533. The lowest BCUT2D eigenvalue weighted by atomic mass is 9.81. The minimum absolute atomic E-state index is 0.533. The standard InChI is InChI=1S/C17H28N2/c1-4-18-17(14-9-6-5-7-10-14)15-11-8-12-16(13-15)19(2)3/h8,11-14,17-18H,4-7,9-10H2,1-3H3. The van der Waals surface area contributed by atoms with Crippen LogP contribution in [0.1, 0.15) is 50.6 Å². The monoisotopic (exact) mass is 260 g/mol. The van der Waals surface area contributed by atoms with Gasteiger partial charge in [0.05, 0.1) is 0 Å². The summed E-state index contributed by atoms with van der Waals surface area (Å²) in [7, 11) is 4.23. The summed E-state index contributed by atoms with van der Waals surface area (Å²) in [6.45, 7) is 3.26. The maximum Gasteiger partial charge on any atom is 0.0364 e. The van der Waals surface area contributed by atoms with Crippen molar-refractivity contribution in [2.24, 2.45) is 5.92 Å². The molecule has 0 heterocycles.